The van der Waals surface area contributed by atoms with Gasteiger partial charge in [-0.05, 0) is 63.8 Å². The summed E-state index contributed by atoms with van der Waals surface area (Å²) in [7, 11) is 3.93. The number of Topliss-reactive ketones (excluding diaryl/α,β-unsaturated/α-hetero) is 1. The lowest BCUT2D eigenvalue weighted by Crippen LogP contribution is -2.32. The van der Waals surface area contributed by atoms with Crippen molar-refractivity contribution in [2.75, 3.05) is 33.8 Å². The number of rotatable bonds is 8. The van der Waals surface area contributed by atoms with Crippen molar-refractivity contribution in [3.63, 3.8) is 0 Å². The van der Waals surface area contributed by atoms with Gasteiger partial charge in [-0.2, -0.15) is 0 Å². The van der Waals surface area contributed by atoms with Gasteiger partial charge in [-0.15, -0.1) is 0 Å². The summed E-state index contributed by atoms with van der Waals surface area (Å²) < 4.78 is 6.38. The summed E-state index contributed by atoms with van der Waals surface area (Å²) in [6.45, 7) is 3.65. The molecule has 0 aliphatic carbocycles. The molecule has 1 heterocycles. The Morgan fingerprint density at radius 1 is 1.10 bits per heavy atom. The molecule has 1 N–H and O–H groups in total. The zero-order valence-corrected chi connectivity index (χ0v) is 19.6. The summed E-state index contributed by atoms with van der Waals surface area (Å²) in [5.74, 6) is -0.705. The fraction of sp³-hybridized carbons (Fsp3) is 0.333. The van der Waals surface area contributed by atoms with Crippen molar-refractivity contribution in [2.45, 2.75) is 19.4 Å². The van der Waals surface area contributed by atoms with Crippen LogP contribution in [-0.2, 0) is 9.59 Å². The Hall–Kier alpha value is -2.64. The number of nitrogens with zero attached hydrogens (tertiary/aromatic N) is 2. The maximum atomic E-state index is 13.0. The number of aliphatic hydroxyl groups is 1. The third-order valence-corrected chi connectivity index (χ3v) is 5.70. The van der Waals surface area contributed by atoms with Gasteiger partial charge in [0.2, 0.25) is 0 Å². The highest BCUT2D eigenvalue weighted by Gasteiger charge is 2.45. The normalized spacial score (nSPS) is 18.1. The minimum absolute atomic E-state index is 0.112. The summed E-state index contributed by atoms with van der Waals surface area (Å²) in [4.78, 5) is 29.5. The topological polar surface area (TPSA) is 70.1 Å². The lowest BCUT2D eigenvalue weighted by molar-refractivity contribution is -0.139. The lowest BCUT2D eigenvalue weighted by Gasteiger charge is -2.26. The van der Waals surface area contributed by atoms with E-state index in [1.165, 1.54) is 0 Å². The number of benzene rings is 2. The number of hydrogen-bond acceptors (Lipinski definition) is 5. The van der Waals surface area contributed by atoms with Crippen molar-refractivity contribution in [1.82, 2.24) is 9.80 Å². The Morgan fingerprint density at radius 2 is 1.74 bits per heavy atom. The molecule has 1 fully saturated rings. The number of carbonyl (C=O) groups excluding carboxylic acids is 2. The molecule has 3 rings (SSSR count). The van der Waals surface area contributed by atoms with Crippen LogP contribution in [0.15, 0.2) is 58.6 Å². The number of carbonyl (C=O) groups is 2. The Morgan fingerprint density at radius 3 is 2.32 bits per heavy atom. The van der Waals surface area contributed by atoms with Gasteiger partial charge >= 0.3 is 0 Å². The van der Waals surface area contributed by atoms with E-state index in [2.05, 4.69) is 15.9 Å². The van der Waals surface area contributed by atoms with Gasteiger partial charge in [0.05, 0.1) is 18.2 Å². The molecule has 7 heteroatoms. The molecule has 2 aromatic carbocycles. The number of amides is 1. The standard InChI is InChI=1S/C24H27BrN2O4/c1-4-31-19-12-8-16(9-13-19)21-20(22(28)17-6-10-18(25)11-7-17)23(29)24(30)27(21)15-5-14-26(2)3/h6-13,21,28H,4-5,14-15H2,1-3H3/t21-/m0/s1. The van der Waals surface area contributed by atoms with E-state index < -0.39 is 17.7 Å². The second kappa shape index (κ2) is 10.1. The van der Waals surface area contributed by atoms with E-state index in [-0.39, 0.29) is 11.3 Å². The summed E-state index contributed by atoms with van der Waals surface area (Å²) in [6, 6.07) is 13.7. The van der Waals surface area contributed by atoms with E-state index in [1.807, 2.05) is 50.2 Å². The molecule has 31 heavy (non-hydrogen) atoms. The van der Waals surface area contributed by atoms with Crippen LogP contribution in [0, 0.1) is 0 Å². The number of ether oxygens (including phenoxy) is 1. The molecule has 0 aromatic heterocycles. The molecule has 1 saturated heterocycles. The maximum Gasteiger partial charge on any atom is 0.295 e. The Labute approximate surface area is 191 Å². The predicted molar refractivity (Wildman–Crippen MR) is 124 cm³/mol. The summed E-state index contributed by atoms with van der Waals surface area (Å²) >= 11 is 3.37. The summed E-state index contributed by atoms with van der Waals surface area (Å²) in [5, 5.41) is 11.0. The van der Waals surface area contributed by atoms with Gasteiger partial charge in [0.25, 0.3) is 11.7 Å². The Balaban J connectivity index is 2.05. The number of likely N-dealkylation sites (tertiary alicyclic amines) is 1. The van der Waals surface area contributed by atoms with Crippen LogP contribution < -0.4 is 4.74 Å². The number of ketones is 1. The van der Waals surface area contributed by atoms with Crippen molar-refractivity contribution < 1.29 is 19.4 Å². The van der Waals surface area contributed by atoms with Gasteiger partial charge in [-0.25, -0.2) is 0 Å². The quantitative estimate of drug-likeness (QED) is 0.343. The van der Waals surface area contributed by atoms with Gasteiger partial charge < -0.3 is 19.6 Å². The fourth-order valence-electron chi connectivity index (χ4n) is 3.69. The van der Waals surface area contributed by atoms with E-state index in [4.69, 9.17) is 4.74 Å². The minimum atomic E-state index is -0.663. The van der Waals surface area contributed by atoms with Crippen molar-refractivity contribution >= 4 is 33.4 Å². The molecule has 1 aliphatic heterocycles. The molecule has 6 nitrogen and oxygen atoms in total. The average Bonchev–Trinajstić information content (AvgIpc) is 2.99. The zero-order chi connectivity index (χ0) is 22.5. The van der Waals surface area contributed by atoms with Gasteiger partial charge in [0, 0.05) is 16.6 Å². The second-order valence-corrected chi connectivity index (χ2v) is 8.57. The van der Waals surface area contributed by atoms with Gasteiger partial charge in [-0.1, -0.05) is 40.2 Å². The van der Waals surface area contributed by atoms with Crippen molar-refractivity contribution in [2.24, 2.45) is 0 Å². The van der Waals surface area contributed by atoms with Crippen LogP contribution >= 0.6 is 15.9 Å². The first-order valence-corrected chi connectivity index (χ1v) is 11.0. The molecule has 0 saturated carbocycles. The van der Waals surface area contributed by atoms with E-state index in [0.29, 0.717) is 30.9 Å². The second-order valence-electron chi connectivity index (χ2n) is 7.66. The summed E-state index contributed by atoms with van der Waals surface area (Å²) in [6.07, 6.45) is 0.714. The highest BCUT2D eigenvalue weighted by molar-refractivity contribution is 9.10. The Bertz CT molecular complexity index is 968. The molecule has 0 radical (unpaired) electrons. The number of aliphatic hydroxyl groups excluding tert-OH is 1. The van der Waals surface area contributed by atoms with Gasteiger partial charge in [-0.3, -0.25) is 9.59 Å². The smallest absolute Gasteiger partial charge is 0.295 e. The van der Waals surface area contributed by atoms with Crippen LogP contribution in [0.5, 0.6) is 5.75 Å². The first kappa shape index (κ1) is 23.0. The molecule has 164 valence electrons. The van der Waals surface area contributed by atoms with Gasteiger partial charge in [0.1, 0.15) is 11.5 Å². The van der Waals surface area contributed by atoms with Crippen LogP contribution in [-0.4, -0.2) is 60.4 Å². The fourth-order valence-corrected chi connectivity index (χ4v) is 3.96. The SMILES string of the molecule is CCOc1ccc([C@H]2C(=C(O)c3ccc(Br)cc3)C(=O)C(=O)N2CCCN(C)C)cc1. The minimum Gasteiger partial charge on any atom is -0.507 e. The van der Waals surface area contributed by atoms with Crippen molar-refractivity contribution in [1.29, 1.82) is 0 Å². The van der Waals surface area contributed by atoms with Gasteiger partial charge in [0.15, 0.2) is 0 Å². The van der Waals surface area contributed by atoms with Crippen molar-refractivity contribution in [3.05, 3.63) is 69.7 Å². The first-order valence-electron chi connectivity index (χ1n) is 10.2. The monoisotopic (exact) mass is 486 g/mol. The number of hydrogen-bond donors (Lipinski definition) is 1. The predicted octanol–water partition coefficient (Wildman–Crippen LogP) is 4.22. The molecule has 0 unspecified atom stereocenters. The first-order chi connectivity index (χ1) is 14.8. The van der Waals surface area contributed by atoms with E-state index in [9.17, 15) is 14.7 Å². The largest absolute Gasteiger partial charge is 0.507 e. The maximum absolute atomic E-state index is 13.0. The molecule has 2 aromatic rings. The third kappa shape index (κ3) is 5.17. The van der Waals surface area contributed by atoms with E-state index in [1.54, 1.807) is 29.2 Å². The van der Waals surface area contributed by atoms with E-state index in [0.717, 1.165) is 16.6 Å². The molecule has 1 atom stereocenters. The van der Waals surface area contributed by atoms with Crippen LogP contribution in [0.2, 0.25) is 0 Å². The van der Waals surface area contributed by atoms with Crippen LogP contribution in [0.4, 0.5) is 0 Å². The molecule has 0 bridgehead atoms. The lowest BCUT2D eigenvalue weighted by atomic mass is 9.95. The molecular formula is C24H27BrN2O4. The van der Waals surface area contributed by atoms with E-state index >= 15 is 0 Å². The molecule has 0 spiro atoms. The summed E-state index contributed by atoms with van der Waals surface area (Å²) in [5.41, 5.74) is 1.36. The third-order valence-electron chi connectivity index (χ3n) is 5.17. The number of halogens is 1. The highest BCUT2D eigenvalue weighted by atomic mass is 79.9. The van der Waals surface area contributed by atoms with Crippen LogP contribution in [0.3, 0.4) is 0 Å². The van der Waals surface area contributed by atoms with Crippen molar-refractivity contribution in [3.8, 4) is 5.75 Å². The molecular weight excluding hydrogens is 460 g/mol. The molecule has 1 amide bonds. The van der Waals surface area contributed by atoms with Crippen LogP contribution in [0.1, 0.15) is 30.5 Å². The van der Waals surface area contributed by atoms with Crippen LogP contribution in [0.25, 0.3) is 5.76 Å². The zero-order valence-electron chi connectivity index (χ0n) is 18.0. The molecule has 1 aliphatic rings. The average molecular weight is 487 g/mol. The Kier molecular flexibility index (Phi) is 7.51. The highest BCUT2D eigenvalue weighted by Crippen LogP contribution is 2.40.